The molecule has 0 radical (unpaired) electrons. The molecule has 6 heteroatoms. The number of aromatic nitrogens is 4. The fraction of sp³-hybridized carbons (Fsp3) is 0.310. The zero-order chi connectivity index (χ0) is 23.9. The van der Waals surface area contributed by atoms with Crippen molar-refractivity contribution in [1.82, 2.24) is 25.5 Å². The molecular weight excluding hydrogens is 434 g/mol. The van der Waals surface area contributed by atoms with Gasteiger partial charge in [-0.1, -0.05) is 42.0 Å². The minimum atomic E-state index is 0.361. The highest BCUT2D eigenvalue weighted by Gasteiger charge is 2.28. The van der Waals surface area contributed by atoms with Crippen LogP contribution in [0.4, 0.5) is 0 Å². The van der Waals surface area contributed by atoms with Crippen LogP contribution in [0, 0.1) is 6.92 Å². The van der Waals surface area contributed by atoms with Gasteiger partial charge in [-0.15, -0.1) is 10.2 Å². The van der Waals surface area contributed by atoms with E-state index in [2.05, 4.69) is 62.7 Å². The zero-order valence-corrected chi connectivity index (χ0v) is 20.1. The molecule has 5 rings (SSSR count). The molecule has 0 unspecified atom stereocenters. The molecule has 0 saturated carbocycles. The highest BCUT2D eigenvalue weighted by atomic mass is 16.5. The summed E-state index contributed by atoms with van der Waals surface area (Å²) in [6.07, 6.45) is 6.45. The Morgan fingerprint density at radius 2 is 1.66 bits per heavy atom. The maximum absolute atomic E-state index is 6.15. The van der Waals surface area contributed by atoms with Crippen LogP contribution in [0.25, 0.3) is 22.8 Å². The number of hydrogen-bond acceptors (Lipinski definition) is 6. The molecule has 0 spiro atoms. The zero-order valence-electron chi connectivity index (χ0n) is 20.1. The number of pyridine rings is 2. The molecule has 4 aromatic rings. The van der Waals surface area contributed by atoms with Crippen molar-refractivity contribution in [3.05, 3.63) is 95.8 Å². The van der Waals surface area contributed by atoms with Crippen LogP contribution in [0.3, 0.4) is 0 Å². The number of aryl methyl sites for hydroxylation is 2. The average Bonchev–Trinajstić information content (AvgIpc) is 3.38. The fourth-order valence-corrected chi connectivity index (χ4v) is 4.71. The summed E-state index contributed by atoms with van der Waals surface area (Å²) in [5.41, 5.74) is 7.06. The first-order valence-corrected chi connectivity index (χ1v) is 12.3. The first kappa shape index (κ1) is 23.3. The third-order valence-electron chi connectivity index (χ3n) is 6.59. The third-order valence-corrected chi connectivity index (χ3v) is 6.59. The van der Waals surface area contributed by atoms with Crippen molar-refractivity contribution in [2.45, 2.75) is 38.1 Å². The average molecular weight is 466 g/mol. The smallest absolute Gasteiger partial charge is 0.115 e. The predicted octanol–water partition coefficient (Wildman–Crippen LogP) is 5.00. The molecule has 6 nitrogen and oxygen atoms in total. The normalized spacial score (nSPS) is 17.5. The van der Waals surface area contributed by atoms with Crippen LogP contribution >= 0.6 is 0 Å². The minimum absolute atomic E-state index is 0.361. The van der Waals surface area contributed by atoms with E-state index in [1.54, 1.807) is 12.4 Å². The van der Waals surface area contributed by atoms with E-state index in [0.717, 1.165) is 60.8 Å². The van der Waals surface area contributed by atoms with Gasteiger partial charge < -0.3 is 10.1 Å². The van der Waals surface area contributed by atoms with Crippen LogP contribution < -0.4 is 5.32 Å². The highest BCUT2D eigenvalue weighted by Crippen LogP contribution is 2.28. The minimum Gasteiger partial charge on any atom is -0.380 e. The van der Waals surface area contributed by atoms with Gasteiger partial charge >= 0.3 is 0 Å². The fourth-order valence-electron chi connectivity index (χ4n) is 4.71. The second-order valence-electron chi connectivity index (χ2n) is 9.08. The predicted molar refractivity (Wildman–Crippen MR) is 138 cm³/mol. The molecule has 1 N–H and O–H groups in total. The second-order valence-corrected chi connectivity index (χ2v) is 9.08. The van der Waals surface area contributed by atoms with Crippen LogP contribution in [-0.4, -0.2) is 46.0 Å². The van der Waals surface area contributed by atoms with E-state index in [1.807, 2.05) is 36.4 Å². The number of rotatable bonds is 9. The van der Waals surface area contributed by atoms with Crippen molar-refractivity contribution in [3.63, 3.8) is 0 Å². The first-order valence-electron chi connectivity index (χ1n) is 12.3. The van der Waals surface area contributed by atoms with Gasteiger partial charge in [0, 0.05) is 31.0 Å². The Morgan fingerprint density at radius 1 is 0.886 bits per heavy atom. The number of hydrogen-bond donors (Lipinski definition) is 1. The van der Waals surface area contributed by atoms with Crippen LogP contribution in [0.15, 0.2) is 79.1 Å². The highest BCUT2D eigenvalue weighted by molar-refractivity contribution is 5.63. The van der Waals surface area contributed by atoms with Gasteiger partial charge in [0.05, 0.1) is 18.0 Å². The molecule has 1 aromatic carbocycles. The van der Waals surface area contributed by atoms with Gasteiger partial charge in [-0.25, -0.2) is 0 Å². The monoisotopic (exact) mass is 465 g/mol. The topological polar surface area (TPSA) is 72.8 Å². The van der Waals surface area contributed by atoms with Gasteiger partial charge in [0.25, 0.3) is 0 Å². The lowest BCUT2D eigenvalue weighted by atomic mass is 9.92. The number of ether oxygens (including phenoxy) is 1. The van der Waals surface area contributed by atoms with Crippen LogP contribution in [0.1, 0.15) is 35.4 Å². The quantitative estimate of drug-likeness (QED) is 0.351. The summed E-state index contributed by atoms with van der Waals surface area (Å²) in [5.74, 6) is 0.511. The van der Waals surface area contributed by atoms with Crippen molar-refractivity contribution >= 4 is 0 Å². The standard InChI is InChI=1S/C29H31N5O/c1-21-10-12-22(13-11-21)24-14-17-32-28(24)20-35-18-6-7-23-19-27(25-8-2-4-15-30-25)33-34-29(23)26-9-3-5-16-31-26/h2-5,8-13,15-16,19,24,28,32H,6-7,14,17-18,20H2,1H3/t24-,28-/m1/s1. The molecule has 0 aliphatic carbocycles. The molecule has 35 heavy (non-hydrogen) atoms. The lowest BCUT2D eigenvalue weighted by Gasteiger charge is -2.20. The SMILES string of the molecule is Cc1ccc([C@H]2CCN[C@@H]2COCCCc2cc(-c3ccccn3)nnc2-c2ccccn2)cc1. The Balaban J connectivity index is 1.22. The molecule has 0 amide bonds. The Labute approximate surface area is 206 Å². The summed E-state index contributed by atoms with van der Waals surface area (Å²) in [4.78, 5) is 8.93. The number of nitrogens with one attached hydrogen (secondary N) is 1. The Morgan fingerprint density at radius 3 is 2.40 bits per heavy atom. The summed E-state index contributed by atoms with van der Waals surface area (Å²) in [7, 11) is 0. The molecule has 178 valence electrons. The van der Waals surface area contributed by atoms with E-state index in [0.29, 0.717) is 18.6 Å². The van der Waals surface area contributed by atoms with Gasteiger partial charge in [-0.05, 0) is 74.2 Å². The summed E-state index contributed by atoms with van der Waals surface area (Å²) >= 11 is 0. The molecule has 1 aliphatic heterocycles. The summed E-state index contributed by atoms with van der Waals surface area (Å²) in [6.45, 7) is 4.59. The second kappa shape index (κ2) is 11.3. The van der Waals surface area contributed by atoms with E-state index >= 15 is 0 Å². The van der Waals surface area contributed by atoms with Gasteiger partial charge in [-0.3, -0.25) is 9.97 Å². The maximum atomic E-state index is 6.15. The molecule has 1 aliphatic rings. The number of nitrogens with zero attached hydrogens (tertiary/aromatic N) is 4. The molecular formula is C29H31N5O. The summed E-state index contributed by atoms with van der Waals surface area (Å²) < 4.78 is 6.15. The summed E-state index contributed by atoms with van der Waals surface area (Å²) in [6, 6.07) is 23.0. The Bertz CT molecular complexity index is 1220. The third kappa shape index (κ3) is 5.78. The van der Waals surface area contributed by atoms with Crippen molar-refractivity contribution < 1.29 is 4.74 Å². The van der Waals surface area contributed by atoms with E-state index < -0.39 is 0 Å². The molecule has 4 heterocycles. The van der Waals surface area contributed by atoms with Gasteiger partial charge in [0.2, 0.25) is 0 Å². The van der Waals surface area contributed by atoms with E-state index in [1.165, 1.54) is 11.1 Å². The Kier molecular flexibility index (Phi) is 7.51. The maximum Gasteiger partial charge on any atom is 0.115 e. The van der Waals surface area contributed by atoms with Crippen molar-refractivity contribution in [2.75, 3.05) is 19.8 Å². The molecule has 1 saturated heterocycles. The van der Waals surface area contributed by atoms with Crippen molar-refractivity contribution in [2.24, 2.45) is 0 Å². The van der Waals surface area contributed by atoms with E-state index in [9.17, 15) is 0 Å². The van der Waals surface area contributed by atoms with Crippen molar-refractivity contribution in [3.8, 4) is 22.8 Å². The van der Waals surface area contributed by atoms with Crippen LogP contribution in [-0.2, 0) is 11.2 Å². The van der Waals surface area contributed by atoms with Gasteiger partial charge in [-0.2, -0.15) is 0 Å². The summed E-state index contributed by atoms with van der Waals surface area (Å²) in [5, 5.41) is 12.6. The number of benzene rings is 1. The van der Waals surface area contributed by atoms with Gasteiger partial charge in [0.15, 0.2) is 0 Å². The lowest BCUT2D eigenvalue weighted by molar-refractivity contribution is 0.110. The van der Waals surface area contributed by atoms with Gasteiger partial charge in [0.1, 0.15) is 11.4 Å². The van der Waals surface area contributed by atoms with Crippen molar-refractivity contribution in [1.29, 1.82) is 0 Å². The lowest BCUT2D eigenvalue weighted by Crippen LogP contribution is -2.31. The van der Waals surface area contributed by atoms with Crippen LogP contribution in [0.2, 0.25) is 0 Å². The molecule has 3 aromatic heterocycles. The Hall–Kier alpha value is -3.48. The molecule has 0 bridgehead atoms. The van der Waals surface area contributed by atoms with E-state index in [-0.39, 0.29) is 0 Å². The molecule has 1 fully saturated rings. The van der Waals surface area contributed by atoms with E-state index in [4.69, 9.17) is 4.74 Å². The first-order chi connectivity index (χ1) is 17.3. The van der Waals surface area contributed by atoms with Crippen LogP contribution in [0.5, 0.6) is 0 Å². The largest absolute Gasteiger partial charge is 0.380 e. The molecule has 2 atom stereocenters.